The Balaban J connectivity index is 1.37. The molecule has 6 nitrogen and oxygen atoms in total. The van der Waals surface area contributed by atoms with Gasteiger partial charge in [-0.1, -0.05) is 25.0 Å². The Labute approximate surface area is 188 Å². The van der Waals surface area contributed by atoms with Gasteiger partial charge in [0.05, 0.1) is 12.6 Å². The van der Waals surface area contributed by atoms with Gasteiger partial charge in [0, 0.05) is 54.9 Å². The lowest BCUT2D eigenvalue weighted by Gasteiger charge is -2.38. The number of ether oxygens (including phenoxy) is 1. The van der Waals surface area contributed by atoms with E-state index < -0.39 is 0 Å². The molecular formula is C26H29N3O3. The van der Waals surface area contributed by atoms with Crippen LogP contribution in [-0.2, 0) is 0 Å². The van der Waals surface area contributed by atoms with Gasteiger partial charge in [-0.25, -0.2) is 0 Å². The molecule has 2 heterocycles. The second-order valence-corrected chi connectivity index (χ2v) is 8.73. The average molecular weight is 432 g/mol. The second-order valence-electron chi connectivity index (χ2n) is 8.73. The summed E-state index contributed by atoms with van der Waals surface area (Å²) in [7, 11) is 1.58. The van der Waals surface area contributed by atoms with E-state index in [4.69, 9.17) is 4.74 Å². The zero-order valence-corrected chi connectivity index (χ0v) is 18.5. The van der Waals surface area contributed by atoms with Crippen LogP contribution in [-0.4, -0.2) is 65.5 Å². The molecule has 1 aromatic heterocycles. The van der Waals surface area contributed by atoms with E-state index in [1.165, 1.54) is 25.7 Å². The highest BCUT2D eigenvalue weighted by molar-refractivity contribution is 6.10. The van der Waals surface area contributed by atoms with Gasteiger partial charge in [-0.3, -0.25) is 19.1 Å². The Morgan fingerprint density at radius 1 is 0.906 bits per heavy atom. The minimum absolute atomic E-state index is 0.0493. The number of benzene rings is 2. The standard InChI is InChI=1S/C26H29N3O3/c1-32-21-9-4-6-19(18-21)25(30)29-13-12-22-23(10-5-11-24(22)29)26(31)28-16-14-27(15-17-28)20-7-2-3-8-20/h4-6,9-13,18,20H,2-3,7-8,14-17H2,1H3. The van der Waals surface area contributed by atoms with Crippen LogP contribution in [0.2, 0.25) is 0 Å². The van der Waals surface area contributed by atoms with Crippen LogP contribution in [0, 0.1) is 0 Å². The van der Waals surface area contributed by atoms with Crippen LogP contribution < -0.4 is 4.74 Å². The predicted molar refractivity (Wildman–Crippen MR) is 124 cm³/mol. The van der Waals surface area contributed by atoms with Crippen LogP contribution in [0.15, 0.2) is 54.7 Å². The van der Waals surface area contributed by atoms with Crippen LogP contribution in [0.25, 0.3) is 10.9 Å². The fourth-order valence-corrected chi connectivity index (χ4v) is 5.16. The normalized spacial score (nSPS) is 17.7. The molecule has 32 heavy (non-hydrogen) atoms. The molecule has 0 N–H and O–H groups in total. The fourth-order valence-electron chi connectivity index (χ4n) is 5.16. The topological polar surface area (TPSA) is 54.8 Å². The maximum atomic E-state index is 13.4. The lowest BCUT2D eigenvalue weighted by molar-refractivity contribution is 0.0575. The summed E-state index contributed by atoms with van der Waals surface area (Å²) in [5.41, 5.74) is 1.95. The maximum absolute atomic E-state index is 13.4. The van der Waals surface area contributed by atoms with Crippen molar-refractivity contribution < 1.29 is 14.3 Å². The lowest BCUT2D eigenvalue weighted by atomic mass is 10.1. The first-order valence-electron chi connectivity index (χ1n) is 11.5. The minimum Gasteiger partial charge on any atom is -0.497 e. The van der Waals surface area contributed by atoms with E-state index in [2.05, 4.69) is 4.90 Å². The summed E-state index contributed by atoms with van der Waals surface area (Å²) in [5, 5.41) is 0.812. The third-order valence-corrected chi connectivity index (χ3v) is 6.94. The molecule has 5 rings (SSSR count). The SMILES string of the molecule is COc1cccc(C(=O)n2ccc3c(C(=O)N4CCN(C5CCCC5)CC4)cccc32)c1. The quantitative estimate of drug-likeness (QED) is 0.626. The third-order valence-electron chi connectivity index (χ3n) is 6.94. The smallest absolute Gasteiger partial charge is 0.262 e. The Morgan fingerprint density at radius 2 is 1.66 bits per heavy atom. The number of methoxy groups -OCH3 is 1. The van der Waals surface area contributed by atoms with E-state index in [9.17, 15) is 9.59 Å². The first kappa shape index (κ1) is 20.8. The van der Waals surface area contributed by atoms with Crippen molar-refractivity contribution in [3.05, 3.63) is 65.9 Å². The van der Waals surface area contributed by atoms with E-state index in [1.807, 2.05) is 35.2 Å². The summed E-state index contributed by atoms with van der Waals surface area (Å²) >= 11 is 0. The molecule has 0 bridgehead atoms. The van der Waals surface area contributed by atoms with Crippen molar-refractivity contribution in [2.75, 3.05) is 33.3 Å². The molecule has 1 amide bonds. The van der Waals surface area contributed by atoms with Gasteiger partial charge in [-0.05, 0) is 49.2 Å². The molecule has 0 spiro atoms. The van der Waals surface area contributed by atoms with Crippen molar-refractivity contribution in [3.63, 3.8) is 0 Å². The van der Waals surface area contributed by atoms with E-state index >= 15 is 0 Å². The fraction of sp³-hybridized carbons (Fsp3) is 0.385. The molecule has 1 aliphatic heterocycles. The number of amides is 1. The average Bonchev–Trinajstić information content (AvgIpc) is 3.53. The number of piperazine rings is 1. The van der Waals surface area contributed by atoms with E-state index in [0.29, 0.717) is 22.9 Å². The van der Waals surface area contributed by atoms with Crippen LogP contribution in [0.5, 0.6) is 5.75 Å². The lowest BCUT2D eigenvalue weighted by Crippen LogP contribution is -2.51. The van der Waals surface area contributed by atoms with Crippen molar-refractivity contribution in [1.29, 1.82) is 0 Å². The van der Waals surface area contributed by atoms with Gasteiger partial charge in [0.2, 0.25) is 0 Å². The summed E-state index contributed by atoms with van der Waals surface area (Å²) in [6.45, 7) is 3.41. The van der Waals surface area contributed by atoms with Crippen molar-refractivity contribution in [2.24, 2.45) is 0 Å². The number of carbonyl (C=O) groups is 2. The van der Waals surface area contributed by atoms with E-state index in [1.54, 1.807) is 36.1 Å². The maximum Gasteiger partial charge on any atom is 0.262 e. The molecule has 2 aromatic carbocycles. The van der Waals surface area contributed by atoms with Crippen molar-refractivity contribution in [3.8, 4) is 5.75 Å². The summed E-state index contributed by atoms with van der Waals surface area (Å²) in [5.74, 6) is 0.543. The first-order valence-corrected chi connectivity index (χ1v) is 11.5. The van der Waals surface area contributed by atoms with Crippen LogP contribution in [0.4, 0.5) is 0 Å². The highest BCUT2D eigenvalue weighted by Crippen LogP contribution is 2.26. The Bertz CT molecular complexity index is 1140. The van der Waals surface area contributed by atoms with Crippen molar-refractivity contribution in [1.82, 2.24) is 14.4 Å². The van der Waals surface area contributed by atoms with Crippen LogP contribution in [0.3, 0.4) is 0 Å². The van der Waals surface area contributed by atoms with Gasteiger partial charge in [0.15, 0.2) is 0 Å². The third kappa shape index (κ3) is 3.79. The molecule has 0 radical (unpaired) electrons. The van der Waals surface area contributed by atoms with E-state index in [-0.39, 0.29) is 11.8 Å². The summed E-state index contributed by atoms with van der Waals surface area (Å²) < 4.78 is 6.86. The second kappa shape index (κ2) is 8.79. The molecule has 3 aromatic rings. The summed E-state index contributed by atoms with van der Waals surface area (Å²) in [4.78, 5) is 31.0. The monoisotopic (exact) mass is 431 g/mol. The van der Waals surface area contributed by atoms with Gasteiger partial charge < -0.3 is 9.64 Å². The van der Waals surface area contributed by atoms with Crippen molar-refractivity contribution >= 4 is 22.7 Å². The highest BCUT2D eigenvalue weighted by Gasteiger charge is 2.29. The largest absolute Gasteiger partial charge is 0.497 e. The molecule has 1 saturated carbocycles. The molecular weight excluding hydrogens is 402 g/mol. The minimum atomic E-state index is -0.145. The zero-order valence-electron chi connectivity index (χ0n) is 18.5. The number of fused-ring (bicyclic) bond motifs is 1. The Morgan fingerprint density at radius 3 is 2.41 bits per heavy atom. The summed E-state index contributed by atoms with van der Waals surface area (Å²) in [6.07, 6.45) is 7.00. The molecule has 1 aliphatic carbocycles. The van der Waals surface area contributed by atoms with E-state index in [0.717, 1.165) is 37.1 Å². The number of nitrogens with zero attached hydrogens (tertiary/aromatic N) is 3. The van der Waals surface area contributed by atoms with Crippen molar-refractivity contribution in [2.45, 2.75) is 31.7 Å². The number of carbonyl (C=O) groups excluding carboxylic acids is 2. The van der Waals surface area contributed by atoms with Gasteiger partial charge in [0.1, 0.15) is 5.75 Å². The number of hydrogen-bond donors (Lipinski definition) is 0. The zero-order chi connectivity index (χ0) is 22.1. The highest BCUT2D eigenvalue weighted by atomic mass is 16.5. The molecule has 6 heteroatoms. The van der Waals surface area contributed by atoms with Gasteiger partial charge in [-0.15, -0.1) is 0 Å². The number of rotatable bonds is 4. The van der Waals surface area contributed by atoms with Gasteiger partial charge >= 0.3 is 0 Å². The number of hydrogen-bond acceptors (Lipinski definition) is 4. The Hall–Kier alpha value is -3.12. The molecule has 166 valence electrons. The molecule has 1 saturated heterocycles. The molecule has 2 fully saturated rings. The summed E-state index contributed by atoms with van der Waals surface area (Å²) in [6, 6.07) is 15.3. The first-order chi connectivity index (χ1) is 15.7. The van der Waals surface area contributed by atoms with Gasteiger partial charge in [0.25, 0.3) is 11.8 Å². The number of aromatic nitrogens is 1. The van der Waals surface area contributed by atoms with Crippen LogP contribution in [0.1, 0.15) is 46.4 Å². The molecule has 0 unspecified atom stereocenters. The van der Waals surface area contributed by atoms with Gasteiger partial charge in [-0.2, -0.15) is 0 Å². The molecule has 2 aliphatic rings. The predicted octanol–water partition coefficient (Wildman–Crippen LogP) is 4.04. The Kier molecular flexibility index (Phi) is 5.70. The van der Waals surface area contributed by atoms with Crippen LogP contribution >= 0.6 is 0 Å². The molecule has 0 atom stereocenters.